The topological polar surface area (TPSA) is 81.8 Å². The summed E-state index contributed by atoms with van der Waals surface area (Å²) in [4.78, 5) is 39.6. The van der Waals surface area contributed by atoms with Crippen LogP contribution in [-0.4, -0.2) is 47.8 Å². The number of amides is 4. The Hall–Kier alpha value is -3.35. The van der Waals surface area contributed by atoms with E-state index in [-0.39, 0.29) is 30.8 Å². The van der Waals surface area contributed by atoms with E-state index in [4.69, 9.17) is 0 Å². The molecule has 1 heterocycles. The van der Waals surface area contributed by atoms with E-state index in [1.54, 1.807) is 11.9 Å². The average Bonchev–Trinajstić information content (AvgIpc) is 3.17. The summed E-state index contributed by atoms with van der Waals surface area (Å²) < 4.78 is 0. The lowest BCUT2D eigenvalue weighted by Crippen LogP contribution is -2.37. The fraction of sp³-hybridized carbons (Fsp3) is 0.375. The van der Waals surface area contributed by atoms with Gasteiger partial charge in [0.15, 0.2) is 0 Å². The zero-order valence-corrected chi connectivity index (χ0v) is 18.0. The van der Waals surface area contributed by atoms with Crippen molar-refractivity contribution in [2.45, 2.75) is 38.9 Å². The van der Waals surface area contributed by atoms with Gasteiger partial charge in [-0.05, 0) is 23.1 Å². The zero-order chi connectivity index (χ0) is 22.1. The number of nitrogens with one attached hydrogen (secondary N) is 2. The molecule has 0 radical (unpaired) electrons. The van der Waals surface area contributed by atoms with Gasteiger partial charge >= 0.3 is 6.03 Å². The molecule has 1 aliphatic heterocycles. The monoisotopic (exact) mass is 422 g/mol. The standard InChI is InChI=1S/C24H30N4O3/c1-27(17-19-7-3-2-4-8-19)22(29)12-13-25-24(31)26-16-20-9-5-10-21(15-20)18-28-14-6-11-23(28)30/h2-5,7-10,15H,6,11-14,16-18H2,1H3,(H2,25,26,31). The van der Waals surface area contributed by atoms with Crippen molar-refractivity contribution in [2.24, 2.45) is 0 Å². The lowest BCUT2D eigenvalue weighted by Gasteiger charge is -2.17. The van der Waals surface area contributed by atoms with Gasteiger partial charge in [-0.1, -0.05) is 54.6 Å². The normalized spacial score (nSPS) is 13.2. The minimum absolute atomic E-state index is 0.0201. The molecule has 2 aromatic carbocycles. The van der Waals surface area contributed by atoms with Crippen LogP contribution in [0.5, 0.6) is 0 Å². The maximum absolute atomic E-state index is 12.2. The minimum Gasteiger partial charge on any atom is -0.341 e. The summed E-state index contributed by atoms with van der Waals surface area (Å²) in [5.74, 6) is 0.181. The summed E-state index contributed by atoms with van der Waals surface area (Å²) in [5.41, 5.74) is 3.10. The van der Waals surface area contributed by atoms with Gasteiger partial charge in [0.1, 0.15) is 0 Å². The third-order valence-electron chi connectivity index (χ3n) is 5.30. The number of rotatable bonds is 9. The van der Waals surface area contributed by atoms with Gasteiger partial charge < -0.3 is 20.4 Å². The molecule has 7 heteroatoms. The summed E-state index contributed by atoms with van der Waals surface area (Å²) >= 11 is 0. The van der Waals surface area contributed by atoms with Gasteiger partial charge in [0.25, 0.3) is 0 Å². The maximum Gasteiger partial charge on any atom is 0.315 e. The number of carbonyl (C=O) groups excluding carboxylic acids is 3. The smallest absolute Gasteiger partial charge is 0.315 e. The van der Waals surface area contributed by atoms with Gasteiger partial charge in [0.2, 0.25) is 11.8 Å². The second-order valence-electron chi connectivity index (χ2n) is 7.83. The highest BCUT2D eigenvalue weighted by Gasteiger charge is 2.20. The summed E-state index contributed by atoms with van der Waals surface area (Å²) in [6.07, 6.45) is 1.80. The number of urea groups is 1. The van der Waals surface area contributed by atoms with E-state index in [1.165, 1.54) is 0 Å². The van der Waals surface area contributed by atoms with Crippen LogP contribution < -0.4 is 10.6 Å². The Morgan fingerprint density at radius 3 is 2.48 bits per heavy atom. The molecule has 0 bridgehead atoms. The lowest BCUT2D eigenvalue weighted by atomic mass is 10.1. The Kier molecular flexibility index (Phi) is 8.04. The zero-order valence-electron chi connectivity index (χ0n) is 18.0. The molecule has 2 N–H and O–H groups in total. The van der Waals surface area contributed by atoms with E-state index < -0.39 is 0 Å². The van der Waals surface area contributed by atoms with Crippen LogP contribution in [0, 0.1) is 0 Å². The molecule has 3 rings (SSSR count). The van der Waals surface area contributed by atoms with E-state index >= 15 is 0 Å². The van der Waals surface area contributed by atoms with Crippen molar-refractivity contribution >= 4 is 17.8 Å². The number of hydrogen-bond donors (Lipinski definition) is 2. The van der Waals surface area contributed by atoms with E-state index in [1.807, 2.05) is 59.5 Å². The van der Waals surface area contributed by atoms with Crippen molar-refractivity contribution in [3.05, 3.63) is 71.3 Å². The highest BCUT2D eigenvalue weighted by molar-refractivity contribution is 5.78. The Bertz CT molecular complexity index is 901. The quantitative estimate of drug-likeness (QED) is 0.652. The van der Waals surface area contributed by atoms with Crippen LogP contribution >= 0.6 is 0 Å². The molecule has 0 atom stereocenters. The van der Waals surface area contributed by atoms with Gasteiger partial charge in [-0.15, -0.1) is 0 Å². The van der Waals surface area contributed by atoms with Gasteiger partial charge in [-0.2, -0.15) is 0 Å². The van der Waals surface area contributed by atoms with Crippen LogP contribution in [0.2, 0.25) is 0 Å². The van der Waals surface area contributed by atoms with E-state index in [2.05, 4.69) is 10.6 Å². The van der Waals surface area contributed by atoms with Crippen molar-refractivity contribution in [1.29, 1.82) is 0 Å². The molecule has 0 aromatic heterocycles. The van der Waals surface area contributed by atoms with Gasteiger partial charge in [-0.3, -0.25) is 9.59 Å². The van der Waals surface area contributed by atoms with Crippen molar-refractivity contribution in [2.75, 3.05) is 20.1 Å². The number of benzene rings is 2. The molecule has 7 nitrogen and oxygen atoms in total. The molecule has 0 unspecified atom stereocenters. The second-order valence-corrected chi connectivity index (χ2v) is 7.83. The predicted octanol–water partition coefficient (Wildman–Crippen LogP) is 2.66. The summed E-state index contributed by atoms with van der Waals surface area (Å²) in [7, 11) is 1.76. The van der Waals surface area contributed by atoms with Gasteiger partial charge in [0, 0.05) is 52.6 Å². The summed E-state index contributed by atoms with van der Waals surface area (Å²) in [5, 5.41) is 5.55. The fourth-order valence-corrected chi connectivity index (χ4v) is 3.59. The summed E-state index contributed by atoms with van der Waals surface area (Å²) in [6, 6.07) is 17.4. The Morgan fingerprint density at radius 2 is 1.74 bits per heavy atom. The molecule has 4 amide bonds. The van der Waals surface area contributed by atoms with Crippen LogP contribution in [0.4, 0.5) is 4.79 Å². The molecule has 0 aliphatic carbocycles. The van der Waals surface area contributed by atoms with E-state index in [0.717, 1.165) is 29.7 Å². The predicted molar refractivity (Wildman–Crippen MR) is 119 cm³/mol. The summed E-state index contributed by atoms with van der Waals surface area (Å²) in [6.45, 7) is 2.63. The first-order valence-corrected chi connectivity index (χ1v) is 10.7. The molecular weight excluding hydrogens is 392 g/mol. The van der Waals surface area contributed by atoms with Crippen LogP contribution in [0.1, 0.15) is 36.0 Å². The molecule has 1 saturated heterocycles. The van der Waals surface area contributed by atoms with Crippen LogP contribution in [0.25, 0.3) is 0 Å². The molecule has 0 saturated carbocycles. The van der Waals surface area contributed by atoms with Crippen LogP contribution in [-0.2, 0) is 29.2 Å². The largest absolute Gasteiger partial charge is 0.341 e. The number of carbonyl (C=O) groups is 3. The highest BCUT2D eigenvalue weighted by Crippen LogP contribution is 2.15. The van der Waals surface area contributed by atoms with Gasteiger partial charge in [-0.25, -0.2) is 4.79 Å². The van der Waals surface area contributed by atoms with Gasteiger partial charge in [0.05, 0.1) is 0 Å². The van der Waals surface area contributed by atoms with Crippen LogP contribution in [0.15, 0.2) is 54.6 Å². The van der Waals surface area contributed by atoms with Crippen LogP contribution in [0.3, 0.4) is 0 Å². The first-order valence-electron chi connectivity index (χ1n) is 10.7. The number of nitrogens with zero attached hydrogens (tertiary/aromatic N) is 2. The molecule has 0 spiro atoms. The molecule has 31 heavy (non-hydrogen) atoms. The third-order valence-corrected chi connectivity index (χ3v) is 5.30. The maximum atomic E-state index is 12.2. The SMILES string of the molecule is CN(Cc1ccccc1)C(=O)CCNC(=O)NCc1cccc(CN2CCCC2=O)c1. The van der Waals surface area contributed by atoms with Crippen molar-refractivity contribution in [1.82, 2.24) is 20.4 Å². The van der Waals surface area contributed by atoms with E-state index in [0.29, 0.717) is 26.1 Å². The third kappa shape index (κ3) is 7.13. The Labute approximate surface area is 183 Å². The first-order chi connectivity index (χ1) is 15.0. The highest BCUT2D eigenvalue weighted by atomic mass is 16.2. The molecule has 1 aliphatic rings. The molecule has 2 aromatic rings. The Balaban J connectivity index is 1.36. The lowest BCUT2D eigenvalue weighted by molar-refractivity contribution is -0.130. The number of hydrogen-bond acceptors (Lipinski definition) is 3. The van der Waals surface area contributed by atoms with Crippen molar-refractivity contribution in [3.8, 4) is 0 Å². The number of likely N-dealkylation sites (tertiary alicyclic amines) is 1. The van der Waals surface area contributed by atoms with Crippen molar-refractivity contribution in [3.63, 3.8) is 0 Å². The molecule has 1 fully saturated rings. The van der Waals surface area contributed by atoms with E-state index in [9.17, 15) is 14.4 Å². The average molecular weight is 423 g/mol. The Morgan fingerprint density at radius 1 is 1.00 bits per heavy atom. The molecular formula is C24H30N4O3. The molecule has 164 valence electrons. The minimum atomic E-state index is -0.307. The second kappa shape index (κ2) is 11.2. The fourth-order valence-electron chi connectivity index (χ4n) is 3.59. The first kappa shape index (κ1) is 22.3. The van der Waals surface area contributed by atoms with Crippen molar-refractivity contribution < 1.29 is 14.4 Å².